The third kappa shape index (κ3) is 3.97. The van der Waals surface area contributed by atoms with Crippen molar-refractivity contribution in [1.29, 1.82) is 0 Å². The summed E-state index contributed by atoms with van der Waals surface area (Å²) in [6.45, 7) is 5.61. The third-order valence-electron chi connectivity index (χ3n) is 6.56. The monoisotopic (exact) mass is 406 g/mol. The van der Waals surface area contributed by atoms with Crippen molar-refractivity contribution in [2.24, 2.45) is 11.8 Å². The molecule has 0 saturated heterocycles. The molecule has 1 aliphatic carbocycles. The number of aromatic nitrogens is 3. The molecule has 1 fully saturated rings. The molecule has 3 heterocycles. The summed E-state index contributed by atoms with van der Waals surface area (Å²) < 4.78 is 3.63. The number of anilines is 1. The van der Waals surface area contributed by atoms with Crippen molar-refractivity contribution in [3.05, 3.63) is 47.6 Å². The Morgan fingerprint density at radius 2 is 2.10 bits per heavy atom. The van der Waals surface area contributed by atoms with Crippen LogP contribution in [0, 0.1) is 11.8 Å². The lowest BCUT2D eigenvalue weighted by atomic mass is 9.85. The maximum absolute atomic E-state index is 4.85. The van der Waals surface area contributed by atoms with Crippen LogP contribution in [0.4, 0.5) is 5.13 Å². The highest BCUT2D eigenvalue weighted by molar-refractivity contribution is 7.22. The number of hydrogen-bond acceptors (Lipinski definition) is 4. The van der Waals surface area contributed by atoms with E-state index in [4.69, 9.17) is 4.98 Å². The minimum absolute atomic E-state index is 0.503. The molecule has 29 heavy (non-hydrogen) atoms. The Morgan fingerprint density at radius 3 is 2.97 bits per heavy atom. The molecule has 2 aromatic heterocycles. The molecule has 1 unspecified atom stereocenters. The second kappa shape index (κ2) is 7.94. The first kappa shape index (κ1) is 18.9. The summed E-state index contributed by atoms with van der Waals surface area (Å²) in [4.78, 5) is 9.43. The van der Waals surface area contributed by atoms with Gasteiger partial charge in [0.15, 0.2) is 5.13 Å². The van der Waals surface area contributed by atoms with Gasteiger partial charge >= 0.3 is 0 Å². The van der Waals surface area contributed by atoms with Crippen LogP contribution in [0.5, 0.6) is 0 Å². The zero-order chi connectivity index (χ0) is 19.8. The quantitative estimate of drug-likeness (QED) is 0.554. The molecule has 0 bridgehead atoms. The van der Waals surface area contributed by atoms with Gasteiger partial charge in [-0.2, -0.15) is 0 Å². The van der Waals surface area contributed by atoms with Crippen molar-refractivity contribution in [2.45, 2.75) is 65.0 Å². The van der Waals surface area contributed by atoms with Crippen LogP contribution in [-0.2, 0) is 13.0 Å². The molecule has 0 spiro atoms. The third-order valence-corrected chi connectivity index (χ3v) is 7.51. The smallest absolute Gasteiger partial charge is 0.184 e. The van der Waals surface area contributed by atoms with Crippen molar-refractivity contribution >= 4 is 32.8 Å². The predicted molar refractivity (Wildman–Crippen MR) is 123 cm³/mol. The summed E-state index contributed by atoms with van der Waals surface area (Å²) in [7, 11) is 0. The molecule has 3 aromatic rings. The van der Waals surface area contributed by atoms with Crippen molar-refractivity contribution in [3.8, 4) is 0 Å². The van der Waals surface area contributed by atoms with Crippen molar-refractivity contribution in [3.63, 3.8) is 0 Å². The normalized spacial score (nSPS) is 20.7. The fourth-order valence-electron chi connectivity index (χ4n) is 4.81. The average molecular weight is 407 g/mol. The second-order valence-electron chi connectivity index (χ2n) is 8.88. The molecule has 5 rings (SSSR count). The lowest BCUT2D eigenvalue weighted by Crippen LogP contribution is -2.27. The van der Waals surface area contributed by atoms with Gasteiger partial charge in [0.2, 0.25) is 0 Å². The molecule has 0 amide bonds. The zero-order valence-corrected chi connectivity index (χ0v) is 18.2. The highest BCUT2D eigenvalue weighted by atomic mass is 32.1. The summed E-state index contributed by atoms with van der Waals surface area (Å²) >= 11 is 1.79. The number of benzene rings is 1. The Balaban J connectivity index is 1.32. The summed E-state index contributed by atoms with van der Waals surface area (Å²) in [5.74, 6) is 2.44. The van der Waals surface area contributed by atoms with E-state index in [2.05, 4.69) is 59.1 Å². The molecular weight excluding hydrogens is 376 g/mol. The number of hydrogen-bond donors (Lipinski definition) is 1. The Labute approximate surface area is 177 Å². The zero-order valence-electron chi connectivity index (χ0n) is 17.4. The minimum atomic E-state index is 0.503. The van der Waals surface area contributed by atoms with Gasteiger partial charge in [-0.25, -0.2) is 9.97 Å². The predicted octanol–water partition coefficient (Wildman–Crippen LogP) is 6.13. The molecule has 4 nitrogen and oxygen atoms in total. The molecule has 1 aromatic carbocycles. The van der Waals surface area contributed by atoms with Gasteiger partial charge < -0.3 is 9.88 Å². The lowest BCUT2D eigenvalue weighted by Gasteiger charge is -2.28. The molecule has 2 atom stereocenters. The molecular formula is C24H30N4S. The van der Waals surface area contributed by atoms with E-state index < -0.39 is 0 Å². The second-order valence-corrected chi connectivity index (χ2v) is 9.91. The van der Waals surface area contributed by atoms with E-state index >= 15 is 0 Å². The number of nitrogens with one attached hydrogen (secondary N) is 1. The van der Waals surface area contributed by atoms with E-state index in [1.165, 1.54) is 48.1 Å². The summed E-state index contributed by atoms with van der Waals surface area (Å²) in [6, 6.07) is 7.21. The van der Waals surface area contributed by atoms with Crippen LogP contribution in [0.3, 0.4) is 0 Å². The molecule has 152 valence electrons. The van der Waals surface area contributed by atoms with Gasteiger partial charge in [-0.15, -0.1) is 0 Å². The Morgan fingerprint density at radius 1 is 1.24 bits per heavy atom. The van der Waals surface area contributed by atoms with Gasteiger partial charge in [0, 0.05) is 30.9 Å². The van der Waals surface area contributed by atoms with Gasteiger partial charge in [0.25, 0.3) is 0 Å². The van der Waals surface area contributed by atoms with Gasteiger partial charge in [-0.3, -0.25) is 0 Å². The standard InChI is InChI=1S/C24H30N4S/c1-16-8-11-23-25-14-20(28(23)15-16)12-18-9-10-21-22(13-18)29-24(27-21)26-17(2)19-6-4-3-5-7-19/h8-11,13-14,16-17,19H,3-7,12,15H2,1-2H3,(H,26,27)/t16?,17-/m1/s1. The fraction of sp³-hybridized carbons (Fsp3) is 0.500. The Kier molecular flexibility index (Phi) is 5.17. The maximum atomic E-state index is 4.85. The molecule has 1 aliphatic heterocycles. The van der Waals surface area contributed by atoms with E-state index in [9.17, 15) is 0 Å². The van der Waals surface area contributed by atoms with Crippen LogP contribution < -0.4 is 5.32 Å². The largest absolute Gasteiger partial charge is 0.359 e. The number of rotatable bonds is 5. The molecule has 1 N–H and O–H groups in total. The number of nitrogens with zero attached hydrogens (tertiary/aromatic N) is 3. The SMILES string of the molecule is CC1C=Cc2ncc(Cc3ccc4nc(N[C@H](C)C5CCCCC5)sc4c3)n2C1. The minimum Gasteiger partial charge on any atom is -0.359 e. The van der Waals surface area contributed by atoms with Crippen LogP contribution in [0.25, 0.3) is 16.3 Å². The van der Waals surface area contributed by atoms with E-state index in [1.54, 1.807) is 11.3 Å². The molecule has 2 aliphatic rings. The van der Waals surface area contributed by atoms with Crippen molar-refractivity contribution < 1.29 is 0 Å². The summed E-state index contributed by atoms with van der Waals surface area (Å²) in [6.07, 6.45) is 14.2. The number of imidazole rings is 1. The van der Waals surface area contributed by atoms with Crippen molar-refractivity contribution in [1.82, 2.24) is 14.5 Å². The topological polar surface area (TPSA) is 42.7 Å². The Bertz CT molecular complexity index is 1020. The van der Waals surface area contributed by atoms with Crippen LogP contribution in [0.1, 0.15) is 63.0 Å². The highest BCUT2D eigenvalue weighted by Gasteiger charge is 2.21. The number of thiazole rings is 1. The maximum Gasteiger partial charge on any atom is 0.184 e. The molecule has 1 saturated carbocycles. The van der Waals surface area contributed by atoms with Gasteiger partial charge in [-0.1, -0.05) is 49.7 Å². The van der Waals surface area contributed by atoms with Crippen LogP contribution in [0.2, 0.25) is 0 Å². The Hall–Kier alpha value is -2.14. The van der Waals surface area contributed by atoms with Gasteiger partial charge in [0.1, 0.15) is 5.82 Å². The number of fused-ring (bicyclic) bond motifs is 2. The van der Waals surface area contributed by atoms with Crippen molar-refractivity contribution in [2.75, 3.05) is 5.32 Å². The van der Waals surface area contributed by atoms with Gasteiger partial charge in [0.05, 0.1) is 10.2 Å². The summed E-state index contributed by atoms with van der Waals surface area (Å²) in [5.41, 5.74) is 3.73. The molecule has 0 radical (unpaired) electrons. The first-order chi connectivity index (χ1) is 14.2. The molecule has 5 heteroatoms. The average Bonchev–Trinajstić information content (AvgIpc) is 3.31. The van der Waals surface area contributed by atoms with E-state index in [0.29, 0.717) is 12.0 Å². The summed E-state index contributed by atoms with van der Waals surface area (Å²) in [5, 5.41) is 4.76. The first-order valence-corrected chi connectivity index (χ1v) is 11.9. The fourth-order valence-corrected chi connectivity index (χ4v) is 5.83. The number of allylic oxidation sites excluding steroid dienone is 1. The lowest BCUT2D eigenvalue weighted by molar-refractivity contribution is 0.328. The van der Waals surface area contributed by atoms with E-state index in [0.717, 1.165) is 35.4 Å². The van der Waals surface area contributed by atoms with Crippen LogP contribution >= 0.6 is 11.3 Å². The first-order valence-electron chi connectivity index (χ1n) is 11.0. The van der Waals surface area contributed by atoms with Gasteiger partial charge in [-0.05, 0) is 55.4 Å². The van der Waals surface area contributed by atoms with Crippen LogP contribution in [0.15, 0.2) is 30.5 Å². The highest BCUT2D eigenvalue weighted by Crippen LogP contribution is 2.32. The van der Waals surface area contributed by atoms with E-state index in [-0.39, 0.29) is 0 Å². The van der Waals surface area contributed by atoms with E-state index in [1.807, 2.05) is 6.20 Å². The van der Waals surface area contributed by atoms with Crippen LogP contribution in [-0.4, -0.2) is 20.6 Å².